The van der Waals surface area contributed by atoms with Crippen LogP contribution in [0.5, 0.6) is 0 Å². The third kappa shape index (κ3) is 3.76. The Morgan fingerprint density at radius 1 is 1.27 bits per heavy atom. The average molecular weight is 458 g/mol. The number of alkyl halides is 3. The van der Waals surface area contributed by atoms with E-state index in [0.717, 1.165) is 23.7 Å². The number of morpholine rings is 1. The lowest BCUT2D eigenvalue weighted by Gasteiger charge is -2.55. The Hall–Kier alpha value is -2.98. The summed E-state index contributed by atoms with van der Waals surface area (Å²) in [5.41, 5.74) is 2.51. The van der Waals surface area contributed by atoms with Crippen LogP contribution in [-0.2, 0) is 17.5 Å². The monoisotopic (exact) mass is 458 g/mol. The topological polar surface area (TPSA) is 75.2 Å². The second kappa shape index (κ2) is 8.11. The summed E-state index contributed by atoms with van der Waals surface area (Å²) in [5, 5.41) is 15.8. The molecular formula is C23H25F3N6O. The van der Waals surface area contributed by atoms with E-state index in [9.17, 15) is 13.2 Å². The second-order valence-electron chi connectivity index (χ2n) is 8.59. The molecule has 174 valence electrons. The molecule has 33 heavy (non-hydrogen) atoms. The van der Waals surface area contributed by atoms with Gasteiger partial charge >= 0.3 is 6.18 Å². The van der Waals surface area contributed by atoms with Gasteiger partial charge in [-0.15, -0.1) is 10.2 Å². The van der Waals surface area contributed by atoms with Crippen molar-refractivity contribution in [3.05, 3.63) is 52.8 Å². The fourth-order valence-corrected chi connectivity index (χ4v) is 4.61. The van der Waals surface area contributed by atoms with Crippen LogP contribution in [0, 0.1) is 6.92 Å². The van der Waals surface area contributed by atoms with Crippen LogP contribution >= 0.6 is 0 Å². The van der Waals surface area contributed by atoms with Gasteiger partial charge < -0.3 is 20.3 Å². The molecule has 0 amide bonds. The van der Waals surface area contributed by atoms with Crippen LogP contribution in [0.25, 0.3) is 10.9 Å². The molecule has 10 heteroatoms. The maximum Gasteiger partial charge on any atom is 0.416 e. The van der Waals surface area contributed by atoms with E-state index in [1.165, 1.54) is 13.0 Å². The SMILES string of the molecule is CNCc1nnc(N[C@H](C)c2cccc(C(F)(F)F)c2C)c2cc(N3CC4OCC43)cnc12. The minimum Gasteiger partial charge on any atom is -0.372 e. The molecule has 1 aromatic carbocycles. The first-order valence-corrected chi connectivity index (χ1v) is 10.9. The van der Waals surface area contributed by atoms with Gasteiger partial charge in [0.15, 0.2) is 5.82 Å². The maximum atomic E-state index is 13.4. The van der Waals surface area contributed by atoms with Crippen molar-refractivity contribution < 1.29 is 17.9 Å². The highest BCUT2D eigenvalue weighted by Crippen LogP contribution is 2.38. The zero-order chi connectivity index (χ0) is 23.3. The molecule has 7 nitrogen and oxygen atoms in total. The Bertz CT molecular complexity index is 1200. The number of aromatic nitrogens is 3. The number of fused-ring (bicyclic) bond motifs is 2. The van der Waals surface area contributed by atoms with Crippen molar-refractivity contribution in [1.82, 2.24) is 20.5 Å². The first kappa shape index (κ1) is 21.8. The molecule has 0 saturated carbocycles. The van der Waals surface area contributed by atoms with Crippen molar-refractivity contribution >= 4 is 22.4 Å². The molecule has 0 spiro atoms. The molecule has 2 aliphatic heterocycles. The molecule has 2 unspecified atom stereocenters. The third-order valence-corrected chi connectivity index (χ3v) is 6.54. The number of ether oxygens (including phenoxy) is 1. The summed E-state index contributed by atoms with van der Waals surface area (Å²) >= 11 is 0. The van der Waals surface area contributed by atoms with E-state index in [2.05, 4.69) is 30.7 Å². The van der Waals surface area contributed by atoms with Gasteiger partial charge in [0.05, 0.1) is 47.8 Å². The Labute approximate surface area is 189 Å². The minimum absolute atomic E-state index is 0.199. The van der Waals surface area contributed by atoms with Gasteiger partial charge in [0.1, 0.15) is 5.69 Å². The maximum absolute atomic E-state index is 13.4. The van der Waals surface area contributed by atoms with Crippen LogP contribution in [0.3, 0.4) is 0 Å². The molecule has 4 heterocycles. The van der Waals surface area contributed by atoms with E-state index in [-0.39, 0.29) is 11.7 Å². The molecule has 2 fully saturated rings. The van der Waals surface area contributed by atoms with E-state index in [1.807, 2.05) is 26.2 Å². The average Bonchev–Trinajstić information content (AvgIpc) is 2.76. The summed E-state index contributed by atoms with van der Waals surface area (Å²) in [6.07, 6.45) is -2.28. The Kier molecular flexibility index (Phi) is 5.37. The van der Waals surface area contributed by atoms with Crippen molar-refractivity contribution in [2.75, 3.05) is 30.4 Å². The van der Waals surface area contributed by atoms with Crippen LogP contribution in [0.2, 0.25) is 0 Å². The summed E-state index contributed by atoms with van der Waals surface area (Å²) in [4.78, 5) is 6.93. The van der Waals surface area contributed by atoms with Crippen LogP contribution in [0.4, 0.5) is 24.7 Å². The standard InChI is InChI=1S/C23H25F3N6O/c1-12-15(5-4-6-17(12)23(24,25)26)13(2)29-22-16-7-14(32-10-20-19(32)11-33-20)8-28-21(16)18(9-27-3)30-31-22/h4-8,13,19-20,27H,9-11H2,1-3H3,(H,29,31)/t13-,19?,20?/m1/s1. The summed E-state index contributed by atoms with van der Waals surface area (Å²) < 4.78 is 45.7. The normalized spacial score (nSPS) is 20.7. The van der Waals surface area contributed by atoms with Crippen molar-refractivity contribution in [2.45, 2.75) is 44.8 Å². The highest BCUT2D eigenvalue weighted by Gasteiger charge is 2.47. The Morgan fingerprint density at radius 3 is 2.73 bits per heavy atom. The Morgan fingerprint density at radius 2 is 2.09 bits per heavy atom. The second-order valence-corrected chi connectivity index (χ2v) is 8.59. The zero-order valence-electron chi connectivity index (χ0n) is 18.6. The lowest BCUT2D eigenvalue weighted by atomic mass is 9.94. The molecule has 3 aromatic rings. The van der Waals surface area contributed by atoms with Gasteiger partial charge in [-0.05, 0) is 44.2 Å². The van der Waals surface area contributed by atoms with Crippen LogP contribution < -0.4 is 15.5 Å². The van der Waals surface area contributed by atoms with E-state index in [0.29, 0.717) is 41.8 Å². The van der Waals surface area contributed by atoms with Gasteiger partial charge in [0, 0.05) is 18.5 Å². The van der Waals surface area contributed by atoms with Gasteiger partial charge in [-0.3, -0.25) is 4.98 Å². The fraction of sp³-hybridized carbons (Fsp3) is 0.435. The van der Waals surface area contributed by atoms with E-state index in [1.54, 1.807) is 6.07 Å². The Balaban J connectivity index is 1.51. The predicted molar refractivity (Wildman–Crippen MR) is 119 cm³/mol. The predicted octanol–water partition coefficient (Wildman–Crippen LogP) is 3.83. The first-order chi connectivity index (χ1) is 15.8. The molecule has 2 N–H and O–H groups in total. The summed E-state index contributed by atoms with van der Waals surface area (Å²) in [7, 11) is 1.82. The minimum atomic E-state index is -4.40. The van der Waals surface area contributed by atoms with Gasteiger partial charge in [-0.1, -0.05) is 12.1 Å². The zero-order valence-corrected chi connectivity index (χ0v) is 18.6. The lowest BCUT2D eigenvalue weighted by molar-refractivity contribution is -0.138. The van der Waals surface area contributed by atoms with Crippen molar-refractivity contribution in [1.29, 1.82) is 0 Å². The number of nitrogens with zero attached hydrogens (tertiary/aromatic N) is 4. The summed E-state index contributed by atoms with van der Waals surface area (Å²) in [6, 6.07) is 6.22. The number of hydrogen-bond acceptors (Lipinski definition) is 7. The van der Waals surface area contributed by atoms with Crippen LogP contribution in [0.15, 0.2) is 30.5 Å². The van der Waals surface area contributed by atoms with Crippen LogP contribution in [0.1, 0.15) is 35.3 Å². The fourth-order valence-electron chi connectivity index (χ4n) is 4.61. The number of halogens is 3. The quantitative estimate of drug-likeness (QED) is 0.582. The van der Waals surface area contributed by atoms with Crippen molar-refractivity contribution in [3.8, 4) is 0 Å². The van der Waals surface area contributed by atoms with Gasteiger partial charge in [-0.2, -0.15) is 13.2 Å². The molecule has 5 rings (SSSR count). The number of pyridine rings is 1. The number of nitrogens with one attached hydrogen (secondary N) is 2. The van der Waals surface area contributed by atoms with Gasteiger partial charge in [0.25, 0.3) is 0 Å². The number of rotatable bonds is 6. The number of hydrogen-bond donors (Lipinski definition) is 2. The first-order valence-electron chi connectivity index (χ1n) is 10.9. The van der Waals surface area contributed by atoms with E-state index >= 15 is 0 Å². The van der Waals surface area contributed by atoms with Gasteiger partial charge in [-0.25, -0.2) is 0 Å². The largest absolute Gasteiger partial charge is 0.416 e. The molecular weight excluding hydrogens is 433 g/mol. The van der Waals surface area contributed by atoms with Crippen molar-refractivity contribution in [2.24, 2.45) is 0 Å². The highest BCUT2D eigenvalue weighted by molar-refractivity contribution is 5.92. The highest BCUT2D eigenvalue weighted by atomic mass is 19.4. The molecule has 2 aliphatic rings. The smallest absolute Gasteiger partial charge is 0.372 e. The molecule has 2 aromatic heterocycles. The van der Waals surface area contributed by atoms with E-state index in [4.69, 9.17) is 4.74 Å². The van der Waals surface area contributed by atoms with Crippen LogP contribution in [-0.4, -0.2) is 47.5 Å². The third-order valence-electron chi connectivity index (χ3n) is 6.54. The van der Waals surface area contributed by atoms with Gasteiger partial charge in [0.2, 0.25) is 0 Å². The molecule has 0 bridgehead atoms. The van der Waals surface area contributed by atoms with Crippen molar-refractivity contribution in [3.63, 3.8) is 0 Å². The lowest BCUT2D eigenvalue weighted by Crippen LogP contribution is -2.70. The number of benzene rings is 1. The number of anilines is 2. The summed E-state index contributed by atoms with van der Waals surface area (Å²) in [6.45, 7) is 5.35. The molecule has 3 atom stereocenters. The molecule has 2 saturated heterocycles. The van der Waals surface area contributed by atoms with E-state index < -0.39 is 17.8 Å². The summed E-state index contributed by atoms with van der Waals surface area (Å²) in [5.74, 6) is 0.491. The molecule has 0 aliphatic carbocycles. The molecule has 0 radical (unpaired) electrons.